The second-order valence-electron chi connectivity index (χ2n) is 12.0. The van der Waals surface area contributed by atoms with Crippen LogP contribution in [0.25, 0.3) is 10.8 Å². The lowest BCUT2D eigenvalue weighted by Gasteiger charge is -2.35. The summed E-state index contributed by atoms with van der Waals surface area (Å²) in [4.78, 5) is 55.1. The smallest absolute Gasteiger partial charge is 0.302 e. The number of ether oxygens (including phenoxy) is 2. The number of nitrogens with zero attached hydrogens (tertiary/aromatic N) is 2. The van der Waals surface area contributed by atoms with Gasteiger partial charge < -0.3 is 30.3 Å². The topological polar surface area (TPSA) is 131 Å². The molecule has 3 aromatic rings. The Morgan fingerprint density at radius 1 is 0.844 bits per heavy atom. The van der Waals surface area contributed by atoms with Gasteiger partial charge in [0.05, 0.1) is 13.2 Å². The Balaban J connectivity index is 1.87. The summed E-state index contributed by atoms with van der Waals surface area (Å²) >= 11 is 0. The molecule has 0 heterocycles. The Labute approximate surface area is 265 Å². The predicted molar refractivity (Wildman–Crippen MR) is 174 cm³/mol. The fraction of sp³-hybridized carbons (Fsp3) is 0.429. The Hall–Kier alpha value is -4.28. The van der Waals surface area contributed by atoms with Crippen LogP contribution in [0.5, 0.6) is 0 Å². The standard InChI is InChI=1S/C35H46N4O6/c1-25(40)45-19-11-18-37-33(42)30(21-26-12-7-6-8-13-26)39(5)34(43)31(38(4)32(41)23-44-24-35(2,3)36)22-27-16-17-28-14-9-10-15-29(28)20-27/h6-10,12-17,20,30-31H,11,18-19,21-24,36H2,1-5H3,(H,37,42)/t30-,31-/m1/s1. The lowest BCUT2D eigenvalue weighted by molar-refractivity contribution is -0.149. The van der Waals surface area contributed by atoms with Crippen LogP contribution in [0.15, 0.2) is 72.8 Å². The third-order valence-corrected chi connectivity index (χ3v) is 7.40. The molecule has 242 valence electrons. The highest BCUT2D eigenvalue weighted by Crippen LogP contribution is 2.20. The molecule has 2 atom stereocenters. The highest BCUT2D eigenvalue weighted by Gasteiger charge is 2.35. The van der Waals surface area contributed by atoms with E-state index in [1.54, 1.807) is 27.9 Å². The molecule has 0 radical (unpaired) electrons. The number of fused-ring (bicyclic) bond motifs is 1. The van der Waals surface area contributed by atoms with E-state index in [0.29, 0.717) is 6.42 Å². The molecule has 10 heteroatoms. The van der Waals surface area contributed by atoms with Crippen LogP contribution in [0.2, 0.25) is 0 Å². The first kappa shape index (κ1) is 35.2. The fourth-order valence-electron chi connectivity index (χ4n) is 4.90. The molecule has 0 aromatic heterocycles. The maximum atomic E-state index is 14.3. The van der Waals surface area contributed by atoms with Crippen molar-refractivity contribution < 1.29 is 28.7 Å². The van der Waals surface area contributed by atoms with E-state index in [1.807, 2.05) is 72.8 Å². The van der Waals surface area contributed by atoms with Crippen molar-refractivity contribution in [2.45, 2.75) is 57.7 Å². The van der Waals surface area contributed by atoms with E-state index in [2.05, 4.69) is 5.32 Å². The number of likely N-dealkylation sites (N-methyl/N-ethyl adjacent to an activating group) is 2. The number of rotatable bonds is 16. The van der Waals surface area contributed by atoms with Gasteiger partial charge in [0, 0.05) is 45.9 Å². The summed E-state index contributed by atoms with van der Waals surface area (Å²) in [5, 5.41) is 4.97. The molecule has 45 heavy (non-hydrogen) atoms. The molecule has 0 aliphatic heterocycles. The summed E-state index contributed by atoms with van der Waals surface area (Å²) in [7, 11) is 3.17. The zero-order valence-electron chi connectivity index (χ0n) is 27.0. The molecule has 0 bridgehead atoms. The predicted octanol–water partition coefficient (Wildman–Crippen LogP) is 3.10. The van der Waals surface area contributed by atoms with Gasteiger partial charge in [-0.25, -0.2) is 0 Å². The van der Waals surface area contributed by atoms with Crippen molar-refractivity contribution in [1.29, 1.82) is 0 Å². The minimum atomic E-state index is -0.909. The molecule has 0 unspecified atom stereocenters. The second kappa shape index (κ2) is 16.7. The third kappa shape index (κ3) is 11.3. The molecular weight excluding hydrogens is 572 g/mol. The lowest BCUT2D eigenvalue weighted by atomic mass is 9.98. The van der Waals surface area contributed by atoms with Crippen LogP contribution in [-0.2, 0) is 41.5 Å². The number of benzene rings is 3. The van der Waals surface area contributed by atoms with E-state index in [1.165, 1.54) is 16.7 Å². The van der Waals surface area contributed by atoms with E-state index in [-0.39, 0.29) is 62.9 Å². The van der Waals surface area contributed by atoms with Gasteiger partial charge in [-0.3, -0.25) is 19.2 Å². The number of amides is 3. The van der Waals surface area contributed by atoms with Crippen molar-refractivity contribution in [2.75, 3.05) is 40.5 Å². The number of carbonyl (C=O) groups is 4. The van der Waals surface area contributed by atoms with Gasteiger partial charge in [0.25, 0.3) is 0 Å². The largest absolute Gasteiger partial charge is 0.466 e. The summed E-state index contributed by atoms with van der Waals surface area (Å²) in [6, 6.07) is 21.6. The van der Waals surface area contributed by atoms with Crippen LogP contribution in [0.3, 0.4) is 0 Å². The fourth-order valence-corrected chi connectivity index (χ4v) is 4.90. The van der Waals surface area contributed by atoms with E-state index in [0.717, 1.165) is 21.9 Å². The highest BCUT2D eigenvalue weighted by molar-refractivity contribution is 5.92. The van der Waals surface area contributed by atoms with Crippen molar-refractivity contribution in [1.82, 2.24) is 15.1 Å². The molecule has 3 aromatic carbocycles. The number of hydrogen-bond acceptors (Lipinski definition) is 7. The van der Waals surface area contributed by atoms with Gasteiger partial charge in [-0.2, -0.15) is 0 Å². The lowest BCUT2D eigenvalue weighted by Crippen LogP contribution is -2.56. The van der Waals surface area contributed by atoms with Crippen molar-refractivity contribution in [3.05, 3.63) is 83.9 Å². The van der Waals surface area contributed by atoms with Crippen LogP contribution in [-0.4, -0.2) is 91.6 Å². The van der Waals surface area contributed by atoms with E-state index in [4.69, 9.17) is 15.2 Å². The van der Waals surface area contributed by atoms with Crippen molar-refractivity contribution in [3.8, 4) is 0 Å². The van der Waals surface area contributed by atoms with Gasteiger partial charge in [0.2, 0.25) is 17.7 Å². The van der Waals surface area contributed by atoms with E-state index in [9.17, 15) is 19.2 Å². The van der Waals surface area contributed by atoms with Crippen LogP contribution < -0.4 is 11.1 Å². The zero-order valence-corrected chi connectivity index (χ0v) is 27.0. The first-order valence-electron chi connectivity index (χ1n) is 15.2. The minimum Gasteiger partial charge on any atom is -0.466 e. The van der Waals surface area contributed by atoms with Crippen LogP contribution in [0.1, 0.15) is 38.3 Å². The van der Waals surface area contributed by atoms with Crippen molar-refractivity contribution in [2.24, 2.45) is 5.73 Å². The molecule has 3 amide bonds. The summed E-state index contributed by atoms with van der Waals surface area (Å²) in [6.07, 6.45) is 0.942. The van der Waals surface area contributed by atoms with Crippen LogP contribution >= 0.6 is 0 Å². The summed E-state index contributed by atoms with van der Waals surface area (Å²) < 4.78 is 10.6. The molecular formula is C35H46N4O6. The third-order valence-electron chi connectivity index (χ3n) is 7.40. The van der Waals surface area contributed by atoms with Gasteiger partial charge in [0.15, 0.2) is 0 Å². The highest BCUT2D eigenvalue weighted by atomic mass is 16.5. The molecule has 0 saturated heterocycles. The number of hydrogen-bond donors (Lipinski definition) is 2. The van der Waals surface area contributed by atoms with E-state index < -0.39 is 17.6 Å². The molecule has 10 nitrogen and oxygen atoms in total. The summed E-state index contributed by atoms with van der Waals surface area (Å²) in [6.45, 7) is 5.32. The zero-order chi connectivity index (χ0) is 33.0. The van der Waals surface area contributed by atoms with Gasteiger partial charge >= 0.3 is 5.97 Å². The Bertz CT molecular complexity index is 1440. The molecule has 0 saturated carbocycles. The maximum absolute atomic E-state index is 14.3. The molecule has 0 aliphatic carbocycles. The van der Waals surface area contributed by atoms with Gasteiger partial charge in [-0.1, -0.05) is 72.8 Å². The summed E-state index contributed by atoms with van der Waals surface area (Å²) in [5.74, 6) is -1.48. The van der Waals surface area contributed by atoms with Crippen LogP contribution in [0.4, 0.5) is 0 Å². The normalized spacial score (nSPS) is 12.7. The quantitative estimate of drug-likeness (QED) is 0.186. The number of nitrogens with two attached hydrogens (primary N) is 1. The molecule has 0 spiro atoms. The number of carbonyl (C=O) groups excluding carboxylic acids is 4. The van der Waals surface area contributed by atoms with Gasteiger partial charge in [-0.15, -0.1) is 0 Å². The molecule has 0 aliphatic rings. The maximum Gasteiger partial charge on any atom is 0.302 e. The molecule has 3 rings (SSSR count). The average Bonchev–Trinajstić information content (AvgIpc) is 3.00. The van der Waals surface area contributed by atoms with Gasteiger partial charge in [0.1, 0.15) is 18.7 Å². The van der Waals surface area contributed by atoms with Gasteiger partial charge in [-0.05, 0) is 42.2 Å². The Morgan fingerprint density at radius 3 is 2.16 bits per heavy atom. The Morgan fingerprint density at radius 2 is 1.49 bits per heavy atom. The number of nitrogens with one attached hydrogen (secondary N) is 1. The monoisotopic (exact) mass is 618 g/mol. The molecule has 0 fully saturated rings. The SMILES string of the molecule is CC(=O)OCCCNC(=O)[C@@H](Cc1ccccc1)N(C)C(=O)[C@@H](Cc1ccc2ccccc2c1)N(C)C(=O)COCC(C)(C)N. The van der Waals surface area contributed by atoms with Crippen molar-refractivity contribution in [3.63, 3.8) is 0 Å². The van der Waals surface area contributed by atoms with E-state index >= 15 is 0 Å². The molecule has 3 N–H and O–H groups in total. The minimum absolute atomic E-state index is 0.173. The van der Waals surface area contributed by atoms with Crippen molar-refractivity contribution >= 4 is 34.5 Å². The first-order chi connectivity index (χ1) is 21.4. The van der Waals surface area contributed by atoms with Crippen LogP contribution in [0, 0.1) is 0 Å². The second-order valence-corrected chi connectivity index (χ2v) is 12.0. The number of esters is 1. The summed E-state index contributed by atoms with van der Waals surface area (Å²) in [5.41, 5.74) is 7.15. The average molecular weight is 619 g/mol. The Kier molecular flexibility index (Phi) is 13.1. The first-order valence-corrected chi connectivity index (χ1v) is 15.2.